The summed E-state index contributed by atoms with van der Waals surface area (Å²) in [6.07, 6.45) is -3.25. The number of benzene rings is 1. The molecule has 158 valence electrons. The van der Waals surface area contributed by atoms with Crippen LogP contribution in [0.5, 0.6) is 0 Å². The van der Waals surface area contributed by atoms with Gasteiger partial charge in [0, 0.05) is 24.7 Å². The lowest BCUT2D eigenvalue weighted by Gasteiger charge is -2.32. The largest absolute Gasteiger partial charge is 0.453 e. The fourth-order valence-electron chi connectivity index (χ4n) is 3.49. The summed E-state index contributed by atoms with van der Waals surface area (Å²) in [6.45, 7) is 1.27. The van der Waals surface area contributed by atoms with Gasteiger partial charge in [-0.3, -0.25) is 4.79 Å². The smallest absolute Gasteiger partial charge is 0.354 e. The van der Waals surface area contributed by atoms with Crippen LogP contribution < -0.4 is 10.2 Å². The number of rotatable bonds is 4. The Labute approximate surface area is 174 Å². The van der Waals surface area contributed by atoms with Gasteiger partial charge in [0.05, 0.1) is 5.92 Å². The average Bonchev–Trinajstić information content (AvgIpc) is 3.17. The second kappa shape index (κ2) is 8.10. The molecule has 1 aromatic carbocycles. The van der Waals surface area contributed by atoms with Crippen molar-refractivity contribution in [1.82, 2.24) is 25.1 Å². The molecule has 3 heterocycles. The molecule has 3 aromatic rings. The number of fused-ring (bicyclic) bond motifs is 1. The van der Waals surface area contributed by atoms with Crippen LogP contribution in [-0.2, 0) is 17.5 Å². The number of anilines is 1. The first kappa shape index (κ1) is 20.4. The minimum Gasteiger partial charge on any atom is -0.354 e. The Morgan fingerprint density at radius 3 is 2.77 bits per heavy atom. The highest BCUT2D eigenvalue weighted by molar-refractivity contribution is 6.31. The van der Waals surface area contributed by atoms with Gasteiger partial charge in [-0.25, -0.2) is 0 Å². The van der Waals surface area contributed by atoms with E-state index < -0.39 is 12.0 Å². The summed E-state index contributed by atoms with van der Waals surface area (Å²) in [5.41, 5.74) is 0.830. The normalized spacial score (nSPS) is 17.3. The second-order valence-electron chi connectivity index (χ2n) is 7.08. The van der Waals surface area contributed by atoms with E-state index in [4.69, 9.17) is 11.6 Å². The van der Waals surface area contributed by atoms with Crippen LogP contribution in [0.1, 0.15) is 24.2 Å². The van der Waals surface area contributed by atoms with Crippen molar-refractivity contribution in [3.05, 3.63) is 52.8 Å². The van der Waals surface area contributed by atoms with E-state index in [2.05, 4.69) is 20.6 Å². The molecule has 1 aliphatic heterocycles. The third kappa shape index (κ3) is 4.18. The summed E-state index contributed by atoms with van der Waals surface area (Å²) in [6, 6.07) is 10.3. The molecule has 1 aliphatic rings. The van der Waals surface area contributed by atoms with Crippen molar-refractivity contribution in [3.63, 3.8) is 0 Å². The molecule has 1 N–H and O–H groups in total. The summed E-state index contributed by atoms with van der Waals surface area (Å²) >= 11 is 6.12. The maximum Gasteiger partial charge on any atom is 0.453 e. The summed E-state index contributed by atoms with van der Waals surface area (Å²) in [5, 5.41) is 14.2. The number of amides is 1. The minimum absolute atomic E-state index is 0.0112. The van der Waals surface area contributed by atoms with Gasteiger partial charge in [0.1, 0.15) is 5.82 Å². The standard InChI is InChI=1S/C19H18ClF3N6O/c20-14-6-2-1-4-12(14)10-24-17(30)13-5-3-9-28(11-13)16-8-7-15-25-26-18(19(21,22)23)29(15)27-16/h1-2,4,6-8,13H,3,5,9-11H2,(H,24,30)/t13-/m0/s1. The van der Waals surface area contributed by atoms with Crippen molar-refractivity contribution in [3.8, 4) is 0 Å². The van der Waals surface area contributed by atoms with Crippen LogP contribution in [0.25, 0.3) is 5.65 Å². The SMILES string of the molecule is O=C(NCc1ccccc1Cl)[C@H]1CCCN(c2ccc3nnc(C(F)(F)F)n3n2)C1. The van der Waals surface area contributed by atoms with Gasteiger partial charge in [0.15, 0.2) is 5.65 Å². The Bertz CT molecular complexity index is 1070. The van der Waals surface area contributed by atoms with Gasteiger partial charge in [0.25, 0.3) is 5.82 Å². The Morgan fingerprint density at radius 2 is 2.00 bits per heavy atom. The molecule has 0 aliphatic carbocycles. The number of halogens is 4. The van der Waals surface area contributed by atoms with Gasteiger partial charge in [0.2, 0.25) is 5.91 Å². The fourth-order valence-corrected chi connectivity index (χ4v) is 3.69. The number of aromatic nitrogens is 4. The number of piperidine rings is 1. The lowest BCUT2D eigenvalue weighted by molar-refractivity contribution is -0.146. The molecular formula is C19H18ClF3N6O. The topological polar surface area (TPSA) is 75.4 Å². The molecule has 0 spiro atoms. The quantitative estimate of drug-likeness (QED) is 0.676. The van der Waals surface area contributed by atoms with E-state index in [0.29, 0.717) is 41.4 Å². The van der Waals surface area contributed by atoms with Crippen LogP contribution in [0.4, 0.5) is 19.0 Å². The van der Waals surface area contributed by atoms with Crippen LogP contribution in [-0.4, -0.2) is 38.8 Å². The third-order valence-corrected chi connectivity index (χ3v) is 5.40. The molecular weight excluding hydrogens is 421 g/mol. The number of nitrogens with zero attached hydrogens (tertiary/aromatic N) is 5. The molecule has 1 atom stereocenters. The Kier molecular flexibility index (Phi) is 5.50. The molecule has 7 nitrogen and oxygen atoms in total. The summed E-state index contributed by atoms with van der Waals surface area (Å²) < 4.78 is 40.0. The maximum atomic E-state index is 13.1. The van der Waals surface area contributed by atoms with Crippen molar-refractivity contribution in [2.75, 3.05) is 18.0 Å². The van der Waals surface area contributed by atoms with Gasteiger partial charge >= 0.3 is 6.18 Å². The van der Waals surface area contributed by atoms with E-state index in [0.717, 1.165) is 12.0 Å². The number of carbonyl (C=O) groups is 1. The lowest BCUT2D eigenvalue weighted by atomic mass is 9.97. The Hall–Kier alpha value is -2.88. The number of nitrogens with one attached hydrogen (secondary N) is 1. The van der Waals surface area contributed by atoms with Crippen LogP contribution in [0, 0.1) is 5.92 Å². The van der Waals surface area contributed by atoms with Gasteiger partial charge in [-0.1, -0.05) is 29.8 Å². The van der Waals surface area contributed by atoms with Crippen LogP contribution in [0.2, 0.25) is 5.02 Å². The van der Waals surface area contributed by atoms with Gasteiger partial charge < -0.3 is 10.2 Å². The zero-order valence-electron chi connectivity index (χ0n) is 15.7. The first-order valence-electron chi connectivity index (χ1n) is 9.38. The van der Waals surface area contributed by atoms with E-state index in [1.807, 2.05) is 23.1 Å². The summed E-state index contributed by atoms with van der Waals surface area (Å²) in [5.74, 6) is -1.26. The third-order valence-electron chi connectivity index (χ3n) is 5.03. The molecule has 1 fully saturated rings. The first-order chi connectivity index (χ1) is 14.3. The molecule has 0 bridgehead atoms. The second-order valence-corrected chi connectivity index (χ2v) is 7.48. The number of hydrogen-bond donors (Lipinski definition) is 1. The van der Waals surface area contributed by atoms with Crippen LogP contribution >= 0.6 is 11.6 Å². The molecule has 2 aromatic heterocycles. The molecule has 1 amide bonds. The van der Waals surface area contributed by atoms with Crippen LogP contribution in [0.3, 0.4) is 0 Å². The molecule has 11 heteroatoms. The number of carbonyl (C=O) groups excluding carboxylic acids is 1. The highest BCUT2D eigenvalue weighted by Crippen LogP contribution is 2.28. The van der Waals surface area contributed by atoms with E-state index in [1.54, 1.807) is 12.1 Å². The molecule has 4 rings (SSSR count). The van der Waals surface area contributed by atoms with Crippen LogP contribution in [0.15, 0.2) is 36.4 Å². The zero-order valence-corrected chi connectivity index (χ0v) is 16.5. The van der Waals surface area contributed by atoms with Crippen molar-refractivity contribution in [1.29, 1.82) is 0 Å². The van der Waals surface area contributed by atoms with Gasteiger partial charge in [-0.05, 0) is 36.6 Å². The zero-order chi connectivity index (χ0) is 21.3. The minimum atomic E-state index is -4.66. The predicted molar refractivity (Wildman–Crippen MR) is 104 cm³/mol. The molecule has 0 unspecified atom stereocenters. The van der Waals surface area contributed by atoms with E-state index in [-0.39, 0.29) is 17.5 Å². The summed E-state index contributed by atoms with van der Waals surface area (Å²) in [7, 11) is 0. The highest BCUT2D eigenvalue weighted by atomic mass is 35.5. The van der Waals surface area contributed by atoms with E-state index in [9.17, 15) is 18.0 Å². The van der Waals surface area contributed by atoms with Crippen molar-refractivity contribution in [2.45, 2.75) is 25.6 Å². The lowest BCUT2D eigenvalue weighted by Crippen LogP contribution is -2.43. The average molecular weight is 439 g/mol. The monoisotopic (exact) mass is 438 g/mol. The number of alkyl halides is 3. The summed E-state index contributed by atoms with van der Waals surface area (Å²) in [4.78, 5) is 14.4. The maximum absolute atomic E-state index is 13.1. The van der Waals surface area contributed by atoms with E-state index >= 15 is 0 Å². The van der Waals surface area contributed by atoms with Crippen molar-refractivity contribution >= 4 is 29.0 Å². The molecule has 0 saturated carbocycles. The molecule has 0 radical (unpaired) electrons. The van der Waals surface area contributed by atoms with Crippen molar-refractivity contribution < 1.29 is 18.0 Å². The number of hydrogen-bond acceptors (Lipinski definition) is 5. The molecule has 1 saturated heterocycles. The highest BCUT2D eigenvalue weighted by Gasteiger charge is 2.38. The predicted octanol–water partition coefficient (Wildman–Crippen LogP) is 3.33. The fraction of sp³-hybridized carbons (Fsp3) is 0.368. The van der Waals surface area contributed by atoms with Gasteiger partial charge in [-0.2, -0.15) is 17.7 Å². The van der Waals surface area contributed by atoms with E-state index in [1.165, 1.54) is 6.07 Å². The molecule has 30 heavy (non-hydrogen) atoms. The first-order valence-corrected chi connectivity index (χ1v) is 9.76. The van der Waals surface area contributed by atoms with Crippen molar-refractivity contribution in [2.24, 2.45) is 5.92 Å². The Morgan fingerprint density at radius 1 is 1.20 bits per heavy atom. The Balaban J connectivity index is 1.47. The van der Waals surface area contributed by atoms with Gasteiger partial charge in [-0.15, -0.1) is 15.3 Å².